The van der Waals surface area contributed by atoms with E-state index >= 15 is 0 Å². The second-order valence-corrected chi connectivity index (χ2v) is 6.73. The monoisotopic (exact) mass is 369 g/mol. The number of nitrogens with one attached hydrogen (secondary N) is 1. The lowest BCUT2D eigenvalue weighted by molar-refractivity contribution is -0.142. The number of ether oxygens (including phenoxy) is 1. The lowest BCUT2D eigenvalue weighted by Crippen LogP contribution is -2.20. The maximum absolute atomic E-state index is 11.8. The molecule has 0 unspecified atom stereocenters. The minimum Gasteiger partial charge on any atom is -0.466 e. The Balaban J connectivity index is 2.66. The van der Waals surface area contributed by atoms with Gasteiger partial charge >= 0.3 is 5.97 Å². The average molecular weight is 371 g/mol. The first-order valence-electron chi connectivity index (χ1n) is 5.45. The average Bonchev–Trinajstić information content (AvgIpc) is 2.31. The Morgan fingerprint density at radius 2 is 2.16 bits per heavy atom. The van der Waals surface area contributed by atoms with Crippen molar-refractivity contribution in [2.45, 2.75) is 13.3 Å². The van der Waals surface area contributed by atoms with E-state index in [4.69, 9.17) is 11.6 Å². The predicted molar refractivity (Wildman–Crippen MR) is 77.8 cm³/mol. The molecule has 0 amide bonds. The molecule has 0 radical (unpaired) electrons. The van der Waals surface area contributed by atoms with Gasteiger partial charge < -0.3 is 4.74 Å². The van der Waals surface area contributed by atoms with E-state index in [2.05, 4.69) is 25.4 Å². The number of hydrogen-bond acceptors (Lipinski definition) is 4. The van der Waals surface area contributed by atoms with Gasteiger partial charge in [0.05, 0.1) is 24.5 Å². The summed E-state index contributed by atoms with van der Waals surface area (Å²) in [6, 6.07) is 4.68. The van der Waals surface area contributed by atoms with Crippen LogP contribution in [0.2, 0.25) is 5.02 Å². The van der Waals surface area contributed by atoms with Gasteiger partial charge in [-0.2, -0.15) is 0 Å². The van der Waals surface area contributed by atoms with E-state index in [1.54, 1.807) is 19.1 Å². The van der Waals surface area contributed by atoms with E-state index in [-0.39, 0.29) is 18.8 Å². The van der Waals surface area contributed by atoms with Gasteiger partial charge in [0, 0.05) is 9.50 Å². The van der Waals surface area contributed by atoms with Crippen LogP contribution in [0.1, 0.15) is 13.3 Å². The number of carbonyl (C=O) groups excluding carboxylic acids is 1. The van der Waals surface area contributed by atoms with E-state index in [1.807, 2.05) is 0 Å². The number of anilines is 1. The van der Waals surface area contributed by atoms with Crippen LogP contribution in [-0.2, 0) is 19.6 Å². The van der Waals surface area contributed by atoms with Crippen molar-refractivity contribution in [2.75, 3.05) is 17.1 Å². The molecule has 19 heavy (non-hydrogen) atoms. The molecule has 0 aromatic heterocycles. The predicted octanol–water partition coefficient (Wildman–Crippen LogP) is 2.80. The Labute approximate surface area is 125 Å². The van der Waals surface area contributed by atoms with Crippen LogP contribution in [0, 0.1) is 0 Å². The van der Waals surface area contributed by atoms with Crippen LogP contribution in [0.15, 0.2) is 22.7 Å². The van der Waals surface area contributed by atoms with E-state index in [0.29, 0.717) is 15.2 Å². The highest BCUT2D eigenvalue weighted by atomic mass is 79.9. The molecular formula is C11H13BrClNO4S. The third kappa shape index (κ3) is 5.80. The van der Waals surface area contributed by atoms with Gasteiger partial charge in [-0.25, -0.2) is 8.42 Å². The fraction of sp³-hybridized carbons (Fsp3) is 0.364. The standard InChI is InChI=1S/C11H13BrClNO4S/c1-2-18-11(15)5-6-19(16,17)14-10-4-3-8(13)7-9(10)12/h3-4,7,14H,2,5-6H2,1H3. The van der Waals surface area contributed by atoms with E-state index < -0.39 is 16.0 Å². The molecule has 0 saturated heterocycles. The van der Waals surface area contributed by atoms with Gasteiger partial charge in [-0.1, -0.05) is 11.6 Å². The largest absolute Gasteiger partial charge is 0.466 e. The molecule has 0 spiro atoms. The summed E-state index contributed by atoms with van der Waals surface area (Å²) < 4.78 is 31.1. The third-order valence-electron chi connectivity index (χ3n) is 2.08. The third-order valence-corrected chi connectivity index (χ3v) is 4.24. The van der Waals surface area contributed by atoms with Gasteiger partial charge in [0.25, 0.3) is 0 Å². The normalized spacial score (nSPS) is 11.1. The molecule has 0 bridgehead atoms. The molecule has 5 nitrogen and oxygen atoms in total. The van der Waals surface area contributed by atoms with E-state index in [9.17, 15) is 13.2 Å². The van der Waals surface area contributed by atoms with Crippen LogP contribution in [0.4, 0.5) is 5.69 Å². The van der Waals surface area contributed by atoms with Crippen LogP contribution < -0.4 is 4.72 Å². The smallest absolute Gasteiger partial charge is 0.306 e. The number of carbonyl (C=O) groups is 1. The van der Waals surface area contributed by atoms with Gasteiger partial charge in [-0.05, 0) is 41.1 Å². The summed E-state index contributed by atoms with van der Waals surface area (Å²) in [7, 11) is -3.61. The molecule has 0 heterocycles. The van der Waals surface area contributed by atoms with Crippen molar-refractivity contribution in [3.05, 3.63) is 27.7 Å². The van der Waals surface area contributed by atoms with Crippen LogP contribution in [-0.4, -0.2) is 26.7 Å². The molecular weight excluding hydrogens is 358 g/mol. The summed E-state index contributed by atoms with van der Waals surface area (Å²) in [6.07, 6.45) is -0.186. The molecule has 1 rings (SSSR count). The summed E-state index contributed by atoms with van der Waals surface area (Å²) >= 11 is 8.96. The van der Waals surface area contributed by atoms with Crippen molar-refractivity contribution in [3.63, 3.8) is 0 Å². The highest BCUT2D eigenvalue weighted by Gasteiger charge is 2.15. The Kier molecular flexibility index (Phi) is 6.09. The number of esters is 1. The van der Waals surface area contributed by atoms with E-state index in [1.165, 1.54) is 6.07 Å². The highest BCUT2D eigenvalue weighted by molar-refractivity contribution is 9.10. The summed E-state index contributed by atoms with van der Waals surface area (Å²) in [5, 5.41) is 0.487. The number of sulfonamides is 1. The zero-order chi connectivity index (χ0) is 14.5. The minimum atomic E-state index is -3.61. The molecule has 8 heteroatoms. The summed E-state index contributed by atoms with van der Waals surface area (Å²) in [5.41, 5.74) is 0.369. The molecule has 1 aromatic carbocycles. The SMILES string of the molecule is CCOC(=O)CCS(=O)(=O)Nc1ccc(Cl)cc1Br. The zero-order valence-electron chi connectivity index (χ0n) is 10.2. The van der Waals surface area contributed by atoms with Crippen molar-refractivity contribution in [1.29, 1.82) is 0 Å². The van der Waals surface area contributed by atoms with Crippen molar-refractivity contribution < 1.29 is 17.9 Å². The lowest BCUT2D eigenvalue weighted by atomic mass is 10.3. The van der Waals surface area contributed by atoms with Crippen LogP contribution in [0.25, 0.3) is 0 Å². The first-order chi connectivity index (χ1) is 8.84. The van der Waals surface area contributed by atoms with Crippen LogP contribution in [0.3, 0.4) is 0 Å². The number of rotatable bonds is 6. The first kappa shape index (κ1) is 16.3. The Morgan fingerprint density at radius 1 is 1.47 bits per heavy atom. The van der Waals surface area contributed by atoms with Gasteiger partial charge in [0.1, 0.15) is 0 Å². The summed E-state index contributed by atoms with van der Waals surface area (Å²) in [4.78, 5) is 11.1. The molecule has 0 aliphatic carbocycles. The molecule has 106 valence electrons. The topological polar surface area (TPSA) is 72.5 Å². The second kappa shape index (κ2) is 7.12. The fourth-order valence-electron chi connectivity index (χ4n) is 1.24. The lowest BCUT2D eigenvalue weighted by Gasteiger charge is -2.09. The van der Waals surface area contributed by atoms with Crippen molar-refractivity contribution in [3.8, 4) is 0 Å². The molecule has 0 saturated carbocycles. The maximum Gasteiger partial charge on any atom is 0.306 e. The van der Waals surface area contributed by atoms with Crippen molar-refractivity contribution in [2.24, 2.45) is 0 Å². The van der Waals surface area contributed by atoms with Crippen molar-refractivity contribution in [1.82, 2.24) is 0 Å². The highest BCUT2D eigenvalue weighted by Crippen LogP contribution is 2.26. The second-order valence-electron chi connectivity index (χ2n) is 3.60. The summed E-state index contributed by atoms with van der Waals surface area (Å²) in [6.45, 7) is 1.89. The molecule has 1 N–H and O–H groups in total. The summed E-state index contributed by atoms with van der Waals surface area (Å²) in [5.74, 6) is -0.871. The van der Waals surface area contributed by atoms with Crippen molar-refractivity contribution >= 4 is 49.2 Å². The van der Waals surface area contributed by atoms with E-state index in [0.717, 1.165) is 0 Å². The molecule has 0 aliphatic rings. The Morgan fingerprint density at radius 3 is 2.74 bits per heavy atom. The number of hydrogen-bond donors (Lipinski definition) is 1. The quantitative estimate of drug-likeness (QED) is 0.782. The van der Waals surface area contributed by atoms with Gasteiger partial charge in [-0.15, -0.1) is 0 Å². The number of halogens is 2. The fourth-order valence-corrected chi connectivity index (χ4v) is 3.21. The maximum atomic E-state index is 11.8. The number of benzene rings is 1. The van der Waals surface area contributed by atoms with Gasteiger partial charge in [0.15, 0.2) is 0 Å². The Bertz CT molecular complexity index is 562. The zero-order valence-corrected chi connectivity index (χ0v) is 13.3. The molecule has 1 aromatic rings. The molecule has 0 aliphatic heterocycles. The minimum absolute atomic E-state index is 0.186. The first-order valence-corrected chi connectivity index (χ1v) is 8.27. The van der Waals surface area contributed by atoms with Gasteiger partial charge in [-0.3, -0.25) is 9.52 Å². The van der Waals surface area contributed by atoms with Crippen LogP contribution >= 0.6 is 27.5 Å². The van der Waals surface area contributed by atoms with Crippen LogP contribution in [0.5, 0.6) is 0 Å². The molecule has 0 fully saturated rings. The van der Waals surface area contributed by atoms with Gasteiger partial charge in [0.2, 0.25) is 10.0 Å². The Hall–Kier alpha value is -0.790. The molecule has 0 atom stereocenters.